The summed E-state index contributed by atoms with van der Waals surface area (Å²) in [6, 6.07) is 5.02. The van der Waals surface area contributed by atoms with Crippen molar-refractivity contribution in [3.8, 4) is 0 Å². The van der Waals surface area contributed by atoms with Crippen molar-refractivity contribution in [2.45, 2.75) is 51.6 Å². The van der Waals surface area contributed by atoms with E-state index >= 15 is 0 Å². The highest BCUT2D eigenvalue weighted by Gasteiger charge is 2.19. The third-order valence-electron chi connectivity index (χ3n) is 3.98. The van der Waals surface area contributed by atoms with Gasteiger partial charge in [0.2, 0.25) is 0 Å². The molecule has 0 amide bonds. The molecule has 1 N–H and O–H groups in total. The van der Waals surface area contributed by atoms with Gasteiger partial charge in [0.25, 0.3) is 0 Å². The standard InChI is InChI=1S/C15H21ClFN/c1-11(12-5-3-2-4-6-12)18-10-13-9-14(17)7-8-15(13)16/h7-9,11-12,18H,2-6,10H2,1H3/t11-/m0/s1. The molecule has 0 spiro atoms. The molecular weight excluding hydrogens is 249 g/mol. The Bertz CT molecular complexity index is 388. The summed E-state index contributed by atoms with van der Waals surface area (Å²) in [5, 5.41) is 4.12. The van der Waals surface area contributed by atoms with E-state index in [1.165, 1.54) is 44.2 Å². The molecule has 0 heterocycles. The maximum absolute atomic E-state index is 13.1. The van der Waals surface area contributed by atoms with Crippen molar-refractivity contribution in [1.82, 2.24) is 5.32 Å². The zero-order chi connectivity index (χ0) is 13.0. The van der Waals surface area contributed by atoms with Crippen molar-refractivity contribution in [2.75, 3.05) is 0 Å². The molecule has 2 rings (SSSR count). The van der Waals surface area contributed by atoms with Crippen LogP contribution < -0.4 is 5.32 Å². The minimum atomic E-state index is -0.221. The lowest BCUT2D eigenvalue weighted by molar-refractivity contribution is 0.280. The van der Waals surface area contributed by atoms with Gasteiger partial charge in [0.05, 0.1) is 0 Å². The van der Waals surface area contributed by atoms with Crippen molar-refractivity contribution < 1.29 is 4.39 Å². The summed E-state index contributed by atoms with van der Waals surface area (Å²) < 4.78 is 13.1. The molecule has 3 heteroatoms. The van der Waals surface area contributed by atoms with Crippen LogP contribution in [-0.4, -0.2) is 6.04 Å². The Hall–Kier alpha value is -0.600. The molecule has 0 unspecified atom stereocenters. The highest BCUT2D eigenvalue weighted by molar-refractivity contribution is 6.31. The zero-order valence-corrected chi connectivity index (χ0v) is 11.6. The Labute approximate surface area is 114 Å². The smallest absolute Gasteiger partial charge is 0.123 e. The lowest BCUT2D eigenvalue weighted by Crippen LogP contribution is -2.34. The molecule has 1 aromatic carbocycles. The molecular formula is C15H21ClFN. The third kappa shape index (κ3) is 3.69. The Morgan fingerprint density at radius 2 is 2.06 bits per heavy atom. The predicted octanol–water partition coefficient (Wildman–Crippen LogP) is 4.54. The number of rotatable bonds is 4. The highest BCUT2D eigenvalue weighted by Crippen LogP contribution is 2.26. The molecule has 100 valence electrons. The lowest BCUT2D eigenvalue weighted by Gasteiger charge is -2.28. The second-order valence-electron chi connectivity index (χ2n) is 5.30. The normalized spacial score (nSPS) is 18.8. The van der Waals surface area contributed by atoms with Crippen LogP contribution in [0.15, 0.2) is 18.2 Å². The molecule has 1 aliphatic rings. The number of nitrogens with one attached hydrogen (secondary N) is 1. The van der Waals surface area contributed by atoms with Gasteiger partial charge in [0.15, 0.2) is 0 Å². The number of halogens is 2. The fourth-order valence-electron chi connectivity index (χ4n) is 2.75. The van der Waals surface area contributed by atoms with Gasteiger partial charge in [-0.2, -0.15) is 0 Å². The van der Waals surface area contributed by atoms with Crippen LogP contribution in [0.3, 0.4) is 0 Å². The Balaban J connectivity index is 1.88. The van der Waals surface area contributed by atoms with E-state index in [1.807, 2.05) is 0 Å². The largest absolute Gasteiger partial charge is 0.310 e. The first-order valence-electron chi connectivity index (χ1n) is 6.84. The Morgan fingerprint density at radius 1 is 1.33 bits per heavy atom. The van der Waals surface area contributed by atoms with Crippen LogP contribution in [0.2, 0.25) is 5.02 Å². The van der Waals surface area contributed by atoms with Crippen LogP contribution in [0, 0.1) is 11.7 Å². The van der Waals surface area contributed by atoms with Crippen molar-refractivity contribution in [3.63, 3.8) is 0 Å². The minimum absolute atomic E-state index is 0.221. The monoisotopic (exact) mass is 269 g/mol. The fraction of sp³-hybridized carbons (Fsp3) is 0.600. The maximum Gasteiger partial charge on any atom is 0.123 e. The van der Waals surface area contributed by atoms with Crippen molar-refractivity contribution in [2.24, 2.45) is 5.92 Å². The second-order valence-corrected chi connectivity index (χ2v) is 5.71. The van der Waals surface area contributed by atoms with E-state index in [9.17, 15) is 4.39 Å². The molecule has 1 atom stereocenters. The molecule has 0 bridgehead atoms. The number of hydrogen-bond donors (Lipinski definition) is 1. The van der Waals surface area contributed by atoms with Gasteiger partial charge in [-0.15, -0.1) is 0 Å². The van der Waals surface area contributed by atoms with E-state index in [1.54, 1.807) is 6.07 Å². The average Bonchev–Trinajstić information content (AvgIpc) is 2.40. The summed E-state index contributed by atoms with van der Waals surface area (Å²) >= 11 is 6.06. The number of hydrogen-bond acceptors (Lipinski definition) is 1. The summed E-state index contributed by atoms with van der Waals surface area (Å²) in [5.41, 5.74) is 0.847. The molecule has 0 radical (unpaired) electrons. The summed E-state index contributed by atoms with van der Waals surface area (Å²) in [5.74, 6) is 0.535. The van der Waals surface area contributed by atoms with Gasteiger partial charge in [-0.3, -0.25) is 0 Å². The molecule has 0 saturated heterocycles. The van der Waals surface area contributed by atoms with E-state index in [2.05, 4.69) is 12.2 Å². The van der Waals surface area contributed by atoms with Gasteiger partial charge >= 0.3 is 0 Å². The molecule has 1 fully saturated rings. The van der Waals surface area contributed by atoms with E-state index in [0.29, 0.717) is 17.6 Å². The first kappa shape index (κ1) is 13.8. The quantitative estimate of drug-likeness (QED) is 0.846. The summed E-state index contributed by atoms with van der Waals surface area (Å²) in [4.78, 5) is 0. The Kier molecular flexibility index (Phi) is 5.02. The van der Waals surface area contributed by atoms with Crippen LogP contribution in [0.5, 0.6) is 0 Å². The third-order valence-corrected chi connectivity index (χ3v) is 4.35. The minimum Gasteiger partial charge on any atom is -0.310 e. The molecule has 1 nitrogen and oxygen atoms in total. The molecule has 0 aliphatic heterocycles. The van der Waals surface area contributed by atoms with Gasteiger partial charge in [0.1, 0.15) is 5.82 Å². The first-order chi connectivity index (χ1) is 8.66. The van der Waals surface area contributed by atoms with Crippen LogP contribution in [-0.2, 0) is 6.54 Å². The van der Waals surface area contributed by atoms with Gasteiger partial charge < -0.3 is 5.32 Å². The van der Waals surface area contributed by atoms with Crippen molar-refractivity contribution in [1.29, 1.82) is 0 Å². The van der Waals surface area contributed by atoms with Crippen molar-refractivity contribution in [3.05, 3.63) is 34.6 Å². The van der Waals surface area contributed by atoms with Crippen LogP contribution in [0.4, 0.5) is 4.39 Å². The van der Waals surface area contributed by atoms with Gasteiger partial charge in [0, 0.05) is 17.6 Å². The molecule has 18 heavy (non-hydrogen) atoms. The zero-order valence-electron chi connectivity index (χ0n) is 10.9. The van der Waals surface area contributed by atoms with Crippen LogP contribution in [0.1, 0.15) is 44.6 Å². The molecule has 0 aromatic heterocycles. The van der Waals surface area contributed by atoms with Crippen LogP contribution >= 0.6 is 11.6 Å². The van der Waals surface area contributed by atoms with E-state index < -0.39 is 0 Å². The predicted molar refractivity (Wildman–Crippen MR) is 74.3 cm³/mol. The summed E-state index contributed by atoms with van der Waals surface area (Å²) in [6.07, 6.45) is 6.68. The van der Waals surface area contributed by atoms with Gasteiger partial charge in [-0.1, -0.05) is 30.9 Å². The number of benzene rings is 1. The van der Waals surface area contributed by atoms with E-state index in [4.69, 9.17) is 11.6 Å². The SMILES string of the molecule is C[C@H](NCc1cc(F)ccc1Cl)C1CCCCC1. The average molecular weight is 270 g/mol. The fourth-order valence-corrected chi connectivity index (χ4v) is 2.93. The molecule has 1 aromatic rings. The van der Waals surface area contributed by atoms with Crippen LogP contribution in [0.25, 0.3) is 0 Å². The Morgan fingerprint density at radius 3 is 2.78 bits per heavy atom. The summed E-state index contributed by atoms with van der Waals surface area (Å²) in [7, 11) is 0. The van der Waals surface area contributed by atoms with E-state index in [-0.39, 0.29) is 5.82 Å². The molecule has 1 aliphatic carbocycles. The van der Waals surface area contributed by atoms with Gasteiger partial charge in [-0.25, -0.2) is 4.39 Å². The second kappa shape index (κ2) is 6.53. The lowest BCUT2D eigenvalue weighted by atomic mass is 9.84. The maximum atomic E-state index is 13.1. The van der Waals surface area contributed by atoms with Gasteiger partial charge in [-0.05, 0) is 49.4 Å². The molecule has 1 saturated carbocycles. The van der Waals surface area contributed by atoms with Crippen molar-refractivity contribution >= 4 is 11.6 Å². The topological polar surface area (TPSA) is 12.0 Å². The summed E-state index contributed by atoms with van der Waals surface area (Å²) in [6.45, 7) is 2.87. The highest BCUT2D eigenvalue weighted by atomic mass is 35.5. The first-order valence-corrected chi connectivity index (χ1v) is 7.22. The van der Waals surface area contributed by atoms with E-state index in [0.717, 1.165) is 11.5 Å².